The molecule has 6 aromatic rings. The minimum Gasteiger partial charge on any atom is -0.449 e. The number of benzene rings is 6. The summed E-state index contributed by atoms with van der Waals surface area (Å²) in [7, 11) is -9.90. The van der Waals surface area contributed by atoms with Crippen molar-refractivity contribution in [3.8, 4) is 0 Å². The van der Waals surface area contributed by atoms with E-state index in [4.69, 9.17) is 4.12 Å². The van der Waals surface area contributed by atoms with Crippen LogP contribution in [-0.2, 0) is 4.12 Å². The summed E-state index contributed by atoms with van der Waals surface area (Å²) < 4.78 is 7.98. The Kier molecular flexibility index (Phi) is 12.8. The molecule has 0 bridgehead atoms. The predicted octanol–water partition coefficient (Wildman–Crippen LogP) is 8.58. The SMILES string of the molecule is CC[Si](/C=C/[Si](c1ccccc1)(c1ccccc1)c1ccccc1)(CC)O[Si](/C=C/[Si](c1ccccc1)(c1ccccc1)c1ccccc1)(CC)CC. The maximum Gasteiger partial charge on any atom is 0.203 e. The van der Waals surface area contributed by atoms with E-state index in [0.29, 0.717) is 0 Å². The molecule has 6 rings (SSSR count). The van der Waals surface area contributed by atoms with Crippen molar-refractivity contribution in [2.24, 2.45) is 0 Å². The second-order valence-electron chi connectivity index (χ2n) is 14.1. The first-order valence-corrected chi connectivity index (χ1v) is 28.4. The van der Waals surface area contributed by atoms with Gasteiger partial charge in [-0.1, -0.05) is 232 Å². The van der Waals surface area contributed by atoms with E-state index in [-0.39, 0.29) is 0 Å². The molecule has 0 aliphatic carbocycles. The van der Waals surface area contributed by atoms with E-state index in [1.165, 1.54) is 31.1 Å². The summed E-state index contributed by atoms with van der Waals surface area (Å²) in [5.74, 6) is 0. The highest BCUT2D eigenvalue weighted by Crippen LogP contribution is 2.31. The quantitative estimate of drug-likeness (QED) is 0.0711. The minimum absolute atomic E-state index is 1.05. The molecule has 5 heteroatoms. The van der Waals surface area contributed by atoms with Crippen LogP contribution in [0.25, 0.3) is 0 Å². The lowest BCUT2D eigenvalue weighted by molar-refractivity contribution is 0.537. The second kappa shape index (κ2) is 17.6. The first-order valence-electron chi connectivity index (χ1n) is 19.4. The smallest absolute Gasteiger partial charge is 0.203 e. The van der Waals surface area contributed by atoms with Crippen molar-refractivity contribution in [3.63, 3.8) is 0 Å². The van der Waals surface area contributed by atoms with E-state index in [2.05, 4.69) is 232 Å². The Labute approximate surface area is 323 Å². The average molecular weight is 759 g/mol. The van der Waals surface area contributed by atoms with Crippen LogP contribution in [0.1, 0.15) is 27.7 Å². The van der Waals surface area contributed by atoms with Crippen molar-refractivity contribution in [1.82, 2.24) is 0 Å². The van der Waals surface area contributed by atoms with Crippen LogP contribution in [0.4, 0.5) is 0 Å². The molecule has 53 heavy (non-hydrogen) atoms. The van der Waals surface area contributed by atoms with Gasteiger partial charge in [-0.2, -0.15) is 0 Å². The Bertz CT molecular complexity index is 1680. The molecule has 0 radical (unpaired) electrons. The van der Waals surface area contributed by atoms with Gasteiger partial charge in [0, 0.05) is 0 Å². The summed E-state index contributed by atoms with van der Waals surface area (Å²) in [5.41, 5.74) is 10.6. The molecule has 0 spiro atoms. The third-order valence-electron chi connectivity index (χ3n) is 11.4. The summed E-state index contributed by atoms with van der Waals surface area (Å²) >= 11 is 0. The van der Waals surface area contributed by atoms with Crippen LogP contribution in [0, 0.1) is 0 Å². The van der Waals surface area contributed by atoms with Gasteiger partial charge in [0.15, 0.2) is 16.1 Å². The van der Waals surface area contributed by atoms with Crippen LogP contribution >= 0.6 is 0 Å². The Morgan fingerprint density at radius 3 is 0.660 bits per heavy atom. The fourth-order valence-corrected chi connectivity index (χ4v) is 28.0. The highest BCUT2D eigenvalue weighted by molar-refractivity contribution is 7.16. The maximum atomic E-state index is 7.98. The zero-order chi connectivity index (χ0) is 37.0. The van der Waals surface area contributed by atoms with Gasteiger partial charge in [0.25, 0.3) is 0 Å². The van der Waals surface area contributed by atoms with E-state index in [1.54, 1.807) is 0 Å². The highest BCUT2D eigenvalue weighted by atomic mass is 28.4. The van der Waals surface area contributed by atoms with Crippen LogP contribution in [-0.4, -0.2) is 32.8 Å². The largest absolute Gasteiger partial charge is 0.449 e. The lowest BCUT2D eigenvalue weighted by Crippen LogP contribution is -2.66. The van der Waals surface area contributed by atoms with Crippen molar-refractivity contribution in [3.05, 3.63) is 205 Å². The van der Waals surface area contributed by atoms with Gasteiger partial charge in [-0.25, -0.2) is 0 Å². The Morgan fingerprint density at radius 2 is 0.491 bits per heavy atom. The molecule has 0 aliphatic rings. The molecule has 0 aromatic heterocycles. The van der Waals surface area contributed by atoms with Gasteiger partial charge in [-0.15, -0.1) is 0 Å². The Balaban J connectivity index is 1.51. The molecular weight excluding hydrogens is 705 g/mol. The van der Waals surface area contributed by atoms with E-state index < -0.39 is 32.8 Å². The fraction of sp³-hybridized carbons (Fsp3) is 0.167. The normalized spacial score (nSPS) is 12.8. The van der Waals surface area contributed by atoms with Gasteiger partial charge in [0.05, 0.1) is 0 Å². The van der Waals surface area contributed by atoms with Gasteiger partial charge >= 0.3 is 0 Å². The topological polar surface area (TPSA) is 9.23 Å². The van der Waals surface area contributed by atoms with Gasteiger partial charge in [-0.3, -0.25) is 0 Å². The molecule has 0 atom stereocenters. The lowest BCUT2D eigenvalue weighted by atomic mass is 10.3. The molecule has 0 unspecified atom stereocenters. The summed E-state index contributed by atoms with van der Waals surface area (Å²) in [6.07, 6.45) is 0. The summed E-state index contributed by atoms with van der Waals surface area (Å²) in [6.45, 7) is 9.51. The third kappa shape index (κ3) is 7.96. The molecule has 268 valence electrons. The zero-order valence-corrected chi connectivity index (χ0v) is 35.9. The van der Waals surface area contributed by atoms with Crippen LogP contribution in [0.3, 0.4) is 0 Å². The van der Waals surface area contributed by atoms with E-state index in [0.717, 1.165) is 24.2 Å². The fourth-order valence-electron chi connectivity index (χ4n) is 8.07. The number of rotatable bonds is 16. The van der Waals surface area contributed by atoms with Crippen LogP contribution in [0.15, 0.2) is 205 Å². The molecular formula is C48H54OSi4. The van der Waals surface area contributed by atoms with Crippen LogP contribution in [0.5, 0.6) is 0 Å². The standard InChI is InChI=1S/C48H54OSi4/c1-5-50(6-2,39-41-52(43-27-15-9-16-28-43,44-29-17-10-18-30-44)45-31-19-11-20-32-45)49-51(7-3,8-4)40-42-53(46-33-21-12-22-34-46,47-35-23-13-24-36-47)48-37-25-14-26-38-48/h9-42H,5-8H2,1-4H3/b41-39+,42-40+. The van der Waals surface area contributed by atoms with Gasteiger partial charge in [0.2, 0.25) is 16.6 Å². The van der Waals surface area contributed by atoms with Crippen LogP contribution < -0.4 is 31.1 Å². The van der Waals surface area contributed by atoms with Gasteiger partial charge in [-0.05, 0) is 55.3 Å². The molecule has 6 aromatic carbocycles. The lowest BCUT2D eigenvalue weighted by Gasteiger charge is -2.40. The first kappa shape index (κ1) is 38.4. The van der Waals surface area contributed by atoms with Crippen molar-refractivity contribution in [1.29, 1.82) is 0 Å². The second-order valence-corrected chi connectivity index (χ2v) is 30.1. The Hall–Kier alpha value is -4.37. The summed E-state index contributed by atoms with van der Waals surface area (Å²) in [4.78, 5) is 0. The molecule has 0 amide bonds. The highest BCUT2D eigenvalue weighted by Gasteiger charge is 2.44. The molecule has 0 saturated carbocycles. The predicted molar refractivity (Wildman–Crippen MR) is 241 cm³/mol. The average Bonchev–Trinajstić information content (AvgIpc) is 3.25. The summed E-state index contributed by atoms with van der Waals surface area (Å²) in [5, 5.41) is 8.43. The number of hydrogen-bond donors (Lipinski definition) is 0. The van der Waals surface area contributed by atoms with E-state index in [1.807, 2.05) is 0 Å². The van der Waals surface area contributed by atoms with E-state index >= 15 is 0 Å². The minimum atomic E-state index is -2.56. The Morgan fingerprint density at radius 1 is 0.302 bits per heavy atom. The molecule has 0 saturated heterocycles. The summed E-state index contributed by atoms with van der Waals surface area (Å²) in [6, 6.07) is 71.6. The monoisotopic (exact) mass is 758 g/mol. The zero-order valence-electron chi connectivity index (χ0n) is 31.9. The molecule has 0 aliphatic heterocycles. The van der Waals surface area contributed by atoms with Crippen molar-refractivity contribution < 1.29 is 4.12 Å². The van der Waals surface area contributed by atoms with Gasteiger partial charge in [0.1, 0.15) is 0 Å². The van der Waals surface area contributed by atoms with E-state index in [9.17, 15) is 0 Å². The van der Waals surface area contributed by atoms with Gasteiger partial charge < -0.3 is 4.12 Å². The van der Waals surface area contributed by atoms with Crippen LogP contribution in [0.2, 0.25) is 24.2 Å². The third-order valence-corrected chi connectivity index (χ3v) is 30.5. The van der Waals surface area contributed by atoms with Crippen molar-refractivity contribution in [2.45, 2.75) is 51.9 Å². The maximum absolute atomic E-state index is 7.98. The van der Waals surface area contributed by atoms with Crippen molar-refractivity contribution >= 4 is 63.9 Å². The molecule has 0 fully saturated rings. The van der Waals surface area contributed by atoms with Crippen molar-refractivity contribution in [2.75, 3.05) is 0 Å². The molecule has 1 nitrogen and oxygen atoms in total. The number of hydrogen-bond acceptors (Lipinski definition) is 1. The first-order chi connectivity index (χ1) is 26.0. The molecule has 0 N–H and O–H groups in total. The molecule has 0 heterocycles.